The van der Waals surface area contributed by atoms with Crippen LogP contribution >= 0.6 is 23.1 Å². The Balaban J connectivity index is 2.15. The Hall–Kier alpha value is -0.640. The molecular formula is C11H16N2O4S3. The maximum absolute atomic E-state index is 12.3. The molecule has 0 aromatic carbocycles. The van der Waals surface area contributed by atoms with Gasteiger partial charge in [0.25, 0.3) is 10.0 Å². The van der Waals surface area contributed by atoms with Gasteiger partial charge >= 0.3 is 5.97 Å². The molecule has 2 atom stereocenters. The van der Waals surface area contributed by atoms with Gasteiger partial charge in [-0.15, -0.1) is 11.3 Å². The van der Waals surface area contributed by atoms with Crippen molar-refractivity contribution in [2.75, 3.05) is 13.4 Å². The van der Waals surface area contributed by atoms with Crippen molar-refractivity contribution < 1.29 is 17.9 Å². The number of nitrogens with zero attached hydrogens (tertiary/aromatic N) is 1. The highest BCUT2D eigenvalue weighted by molar-refractivity contribution is 7.99. The Labute approximate surface area is 126 Å². The Morgan fingerprint density at radius 3 is 2.90 bits per heavy atom. The summed E-state index contributed by atoms with van der Waals surface area (Å²) in [7, 11) is -2.52. The highest BCUT2D eigenvalue weighted by atomic mass is 32.2. The minimum Gasteiger partial charge on any atom is -0.464 e. The molecular weight excluding hydrogens is 320 g/mol. The van der Waals surface area contributed by atoms with Crippen molar-refractivity contribution in [1.29, 1.82) is 0 Å². The molecule has 1 saturated carbocycles. The fourth-order valence-electron chi connectivity index (χ4n) is 2.19. The van der Waals surface area contributed by atoms with Crippen LogP contribution in [0.15, 0.2) is 9.72 Å². The lowest BCUT2D eigenvalue weighted by atomic mass is 10.3. The monoisotopic (exact) mass is 336 g/mol. The molecule has 1 aliphatic rings. The van der Waals surface area contributed by atoms with Crippen LogP contribution in [0.25, 0.3) is 0 Å². The van der Waals surface area contributed by atoms with Gasteiger partial charge in [0, 0.05) is 11.3 Å². The molecule has 9 heteroatoms. The maximum atomic E-state index is 12.3. The SMILES string of the molecule is COC(=O)c1ncsc1S(=O)(=O)NC1CCC(SC)C1. The predicted molar refractivity (Wildman–Crippen MR) is 78.7 cm³/mol. The van der Waals surface area contributed by atoms with Crippen LogP contribution < -0.4 is 4.72 Å². The van der Waals surface area contributed by atoms with Crippen molar-refractivity contribution in [2.24, 2.45) is 0 Å². The zero-order chi connectivity index (χ0) is 14.8. The maximum Gasteiger partial charge on any atom is 0.358 e. The normalized spacial score (nSPS) is 22.9. The van der Waals surface area contributed by atoms with Crippen LogP contribution in [-0.2, 0) is 14.8 Å². The van der Waals surface area contributed by atoms with E-state index in [0.717, 1.165) is 30.6 Å². The molecule has 0 saturated heterocycles. The minimum atomic E-state index is -3.72. The molecule has 20 heavy (non-hydrogen) atoms. The second kappa shape index (κ2) is 6.42. The molecule has 0 bridgehead atoms. The first kappa shape index (κ1) is 15.7. The molecule has 2 unspecified atom stereocenters. The lowest BCUT2D eigenvalue weighted by molar-refractivity contribution is 0.0590. The standard InChI is InChI=1S/C11H16N2O4S3/c1-17-10(14)9-11(19-6-12-9)20(15,16)13-7-3-4-8(5-7)18-2/h6-8,13H,3-5H2,1-2H3. The van der Waals surface area contributed by atoms with E-state index in [1.165, 1.54) is 12.6 Å². The Morgan fingerprint density at radius 2 is 2.30 bits per heavy atom. The Morgan fingerprint density at radius 1 is 1.55 bits per heavy atom. The number of carbonyl (C=O) groups excluding carboxylic acids is 1. The molecule has 1 N–H and O–H groups in total. The highest BCUT2D eigenvalue weighted by Crippen LogP contribution is 2.30. The summed E-state index contributed by atoms with van der Waals surface area (Å²) in [4.78, 5) is 15.3. The van der Waals surface area contributed by atoms with E-state index in [1.807, 2.05) is 6.26 Å². The van der Waals surface area contributed by atoms with Gasteiger partial charge in [0.05, 0.1) is 12.6 Å². The molecule has 0 aliphatic heterocycles. The molecule has 1 aliphatic carbocycles. The number of esters is 1. The predicted octanol–water partition coefficient (Wildman–Crippen LogP) is 1.49. The number of hydrogen-bond donors (Lipinski definition) is 1. The van der Waals surface area contributed by atoms with E-state index in [0.29, 0.717) is 5.25 Å². The fourth-order valence-corrected chi connectivity index (χ4v) is 5.42. The van der Waals surface area contributed by atoms with Crippen molar-refractivity contribution in [2.45, 2.75) is 34.8 Å². The van der Waals surface area contributed by atoms with Gasteiger partial charge in [-0.1, -0.05) is 0 Å². The van der Waals surface area contributed by atoms with Crippen molar-refractivity contribution in [3.63, 3.8) is 0 Å². The van der Waals surface area contributed by atoms with Crippen molar-refractivity contribution in [3.8, 4) is 0 Å². The summed E-state index contributed by atoms with van der Waals surface area (Å²) >= 11 is 2.68. The molecule has 1 aromatic heterocycles. The smallest absolute Gasteiger partial charge is 0.358 e. The van der Waals surface area contributed by atoms with Gasteiger partial charge in [-0.05, 0) is 25.5 Å². The number of sulfonamides is 1. The average molecular weight is 336 g/mol. The van der Waals surface area contributed by atoms with Crippen LogP contribution in [0, 0.1) is 0 Å². The average Bonchev–Trinajstić information content (AvgIpc) is 3.05. The number of hydrogen-bond acceptors (Lipinski definition) is 7. The van der Waals surface area contributed by atoms with E-state index in [-0.39, 0.29) is 15.9 Å². The number of thiazole rings is 1. The quantitative estimate of drug-likeness (QED) is 0.820. The van der Waals surface area contributed by atoms with E-state index < -0.39 is 16.0 Å². The first-order valence-electron chi connectivity index (χ1n) is 6.05. The number of methoxy groups -OCH3 is 1. The van der Waals surface area contributed by atoms with Gasteiger partial charge in [0.1, 0.15) is 0 Å². The third kappa shape index (κ3) is 3.33. The van der Waals surface area contributed by atoms with E-state index >= 15 is 0 Å². The van der Waals surface area contributed by atoms with E-state index in [9.17, 15) is 13.2 Å². The third-order valence-corrected chi connectivity index (χ3v) is 7.18. The van der Waals surface area contributed by atoms with E-state index in [1.54, 1.807) is 11.8 Å². The topological polar surface area (TPSA) is 85.4 Å². The summed E-state index contributed by atoms with van der Waals surface area (Å²) < 4.78 is 31.8. The van der Waals surface area contributed by atoms with Crippen LogP contribution in [-0.4, -0.2) is 44.0 Å². The van der Waals surface area contributed by atoms with Crippen molar-refractivity contribution in [1.82, 2.24) is 9.71 Å². The summed E-state index contributed by atoms with van der Waals surface area (Å²) in [5.41, 5.74) is 1.18. The van der Waals surface area contributed by atoms with Gasteiger partial charge in [-0.25, -0.2) is 22.9 Å². The van der Waals surface area contributed by atoms with Crippen LogP contribution in [0.4, 0.5) is 0 Å². The number of rotatable bonds is 5. The van der Waals surface area contributed by atoms with Crippen LogP contribution in [0.2, 0.25) is 0 Å². The minimum absolute atomic E-state index is 0.0723. The van der Waals surface area contributed by atoms with Crippen LogP contribution in [0.5, 0.6) is 0 Å². The molecule has 1 heterocycles. The van der Waals surface area contributed by atoms with Crippen LogP contribution in [0.3, 0.4) is 0 Å². The molecule has 6 nitrogen and oxygen atoms in total. The number of ether oxygens (including phenoxy) is 1. The molecule has 112 valence electrons. The molecule has 0 radical (unpaired) electrons. The second-order valence-corrected chi connectivity index (χ2v) is 8.37. The summed E-state index contributed by atoms with van der Waals surface area (Å²) in [6.45, 7) is 0. The summed E-state index contributed by atoms with van der Waals surface area (Å²) in [5.74, 6) is -0.736. The number of aromatic nitrogens is 1. The lowest BCUT2D eigenvalue weighted by Gasteiger charge is -2.12. The first-order valence-corrected chi connectivity index (χ1v) is 9.70. The zero-order valence-electron chi connectivity index (χ0n) is 11.2. The largest absolute Gasteiger partial charge is 0.464 e. The first-order chi connectivity index (χ1) is 9.47. The summed E-state index contributed by atoms with van der Waals surface area (Å²) in [5, 5.41) is 0.490. The van der Waals surface area contributed by atoms with Crippen molar-refractivity contribution in [3.05, 3.63) is 11.2 Å². The van der Waals surface area contributed by atoms with Gasteiger partial charge in [0.15, 0.2) is 9.90 Å². The van der Waals surface area contributed by atoms with Gasteiger partial charge in [-0.3, -0.25) is 0 Å². The van der Waals surface area contributed by atoms with E-state index in [2.05, 4.69) is 14.4 Å². The molecule has 1 fully saturated rings. The molecule has 0 spiro atoms. The zero-order valence-corrected chi connectivity index (χ0v) is 13.6. The molecule has 0 amide bonds. The van der Waals surface area contributed by atoms with Gasteiger partial charge in [-0.2, -0.15) is 11.8 Å². The second-order valence-electron chi connectivity index (χ2n) is 4.47. The number of carbonyl (C=O) groups is 1. The Kier molecular flexibility index (Phi) is 5.05. The lowest BCUT2D eigenvalue weighted by Crippen LogP contribution is -2.33. The summed E-state index contributed by atoms with van der Waals surface area (Å²) in [6, 6.07) is -0.0787. The summed E-state index contributed by atoms with van der Waals surface area (Å²) in [6.07, 6.45) is 4.66. The molecule has 2 rings (SSSR count). The number of thioether (sulfide) groups is 1. The van der Waals surface area contributed by atoms with Crippen molar-refractivity contribution >= 4 is 39.1 Å². The van der Waals surface area contributed by atoms with Crippen LogP contribution in [0.1, 0.15) is 29.8 Å². The van der Waals surface area contributed by atoms with Gasteiger partial charge < -0.3 is 4.74 Å². The van der Waals surface area contributed by atoms with Gasteiger partial charge in [0.2, 0.25) is 0 Å². The highest BCUT2D eigenvalue weighted by Gasteiger charge is 2.32. The fraction of sp³-hybridized carbons (Fsp3) is 0.636. The van der Waals surface area contributed by atoms with E-state index in [4.69, 9.17) is 0 Å². The molecule has 1 aromatic rings. The third-order valence-electron chi connectivity index (χ3n) is 3.20. The number of nitrogens with one attached hydrogen (secondary N) is 1. The Bertz CT molecular complexity index is 584.